The molecule has 2 aliphatic carbocycles. The molecule has 3 aromatic carbocycles. The van der Waals surface area contributed by atoms with Gasteiger partial charge in [0, 0.05) is 58.5 Å². The van der Waals surface area contributed by atoms with E-state index in [1.807, 2.05) is 13.0 Å². The van der Waals surface area contributed by atoms with Crippen LogP contribution in [0.1, 0.15) is 86.5 Å². The molecule has 42 heavy (non-hydrogen) atoms. The number of ether oxygens (including phenoxy) is 2. The third-order valence-electron chi connectivity index (χ3n) is 8.22. The first-order valence-corrected chi connectivity index (χ1v) is 13.5. The Labute approximate surface area is 238 Å². The fraction of sp³-hybridized carbons (Fsp3) is 0.258. The van der Waals surface area contributed by atoms with E-state index in [4.69, 9.17) is 19.6 Å². The Morgan fingerprint density at radius 1 is 1.05 bits per heavy atom. The monoisotopic (exact) mass is 567 g/mol. The first-order valence-electron chi connectivity index (χ1n) is 13.5. The van der Waals surface area contributed by atoms with Crippen molar-refractivity contribution in [3.63, 3.8) is 0 Å². The van der Waals surface area contributed by atoms with Gasteiger partial charge in [-0.15, -0.1) is 0 Å². The maximum Gasteiger partial charge on any atom is 0.308 e. The Bertz CT molecular complexity index is 2020. The number of ketones is 2. The lowest BCUT2D eigenvalue weighted by atomic mass is 9.77. The molecule has 2 atom stereocenters. The van der Waals surface area contributed by atoms with Gasteiger partial charge < -0.3 is 30.2 Å². The molecule has 3 aliphatic rings. The highest BCUT2D eigenvalue weighted by Crippen LogP contribution is 2.51. The van der Waals surface area contributed by atoms with Gasteiger partial charge in [0.1, 0.15) is 28.4 Å². The Morgan fingerprint density at radius 3 is 2.48 bits per heavy atom. The van der Waals surface area contributed by atoms with Gasteiger partial charge in [-0.2, -0.15) is 5.10 Å². The highest BCUT2D eigenvalue weighted by molar-refractivity contribution is 6.35. The number of fused-ring (bicyclic) bond motifs is 5. The van der Waals surface area contributed by atoms with E-state index in [1.165, 1.54) is 19.9 Å². The minimum absolute atomic E-state index is 0.0357. The SMILES string of the molecule is CC(=O)Oc1cc2c(c(OC(C)=O)c1C)C(=O)c1c(O)c3c4c(oc5c6c(cc(c54)CC3)C=NNC6C(C)N)c1C2=O. The second-order valence-electron chi connectivity index (χ2n) is 10.9. The molecule has 0 spiro atoms. The van der Waals surface area contributed by atoms with Gasteiger partial charge in [0.05, 0.1) is 28.9 Å². The number of phenols is 1. The summed E-state index contributed by atoms with van der Waals surface area (Å²) in [4.78, 5) is 52.4. The smallest absolute Gasteiger partial charge is 0.308 e. The number of phenolic OH excluding ortho intramolecular Hbond substituents is 1. The van der Waals surface area contributed by atoms with E-state index >= 15 is 0 Å². The molecule has 4 N–H and O–H groups in total. The maximum atomic E-state index is 14.3. The molecule has 0 bridgehead atoms. The second kappa shape index (κ2) is 8.73. The van der Waals surface area contributed by atoms with Crippen LogP contribution in [-0.2, 0) is 22.4 Å². The fourth-order valence-corrected chi connectivity index (χ4v) is 6.49. The number of nitrogens with two attached hydrogens (primary N) is 1. The van der Waals surface area contributed by atoms with Crippen molar-refractivity contribution in [2.75, 3.05) is 0 Å². The van der Waals surface area contributed by atoms with Crippen LogP contribution in [0.4, 0.5) is 0 Å². The van der Waals surface area contributed by atoms with Gasteiger partial charge in [0.2, 0.25) is 5.78 Å². The van der Waals surface area contributed by atoms with Crippen LogP contribution in [-0.4, -0.2) is 40.9 Å². The molecular weight excluding hydrogens is 542 g/mol. The van der Waals surface area contributed by atoms with E-state index in [9.17, 15) is 24.3 Å². The molecule has 11 heteroatoms. The number of carbonyl (C=O) groups is 4. The molecule has 7 rings (SSSR count). The number of carbonyl (C=O) groups excluding carboxylic acids is 4. The summed E-state index contributed by atoms with van der Waals surface area (Å²) in [7, 11) is 0. The number of hydrogen-bond donors (Lipinski definition) is 3. The topological polar surface area (TPSA) is 171 Å². The number of benzene rings is 3. The van der Waals surface area contributed by atoms with Crippen LogP contribution in [0.15, 0.2) is 21.7 Å². The van der Waals surface area contributed by atoms with E-state index < -0.39 is 23.5 Å². The van der Waals surface area contributed by atoms with Gasteiger partial charge in [-0.3, -0.25) is 19.2 Å². The minimum Gasteiger partial charge on any atom is -0.507 e. The van der Waals surface area contributed by atoms with E-state index in [0.29, 0.717) is 29.4 Å². The lowest BCUT2D eigenvalue weighted by Gasteiger charge is -2.27. The highest BCUT2D eigenvalue weighted by Gasteiger charge is 2.42. The summed E-state index contributed by atoms with van der Waals surface area (Å²) in [6.45, 7) is 5.70. The zero-order valence-corrected chi connectivity index (χ0v) is 23.1. The Balaban J connectivity index is 1.59. The van der Waals surface area contributed by atoms with Gasteiger partial charge >= 0.3 is 11.9 Å². The summed E-state index contributed by atoms with van der Waals surface area (Å²) in [5, 5.41) is 17.2. The summed E-state index contributed by atoms with van der Waals surface area (Å²) in [5.74, 6) is -3.32. The Morgan fingerprint density at radius 2 is 1.79 bits per heavy atom. The third kappa shape index (κ3) is 3.34. The molecule has 4 aromatic rings. The summed E-state index contributed by atoms with van der Waals surface area (Å²) >= 11 is 0. The van der Waals surface area contributed by atoms with Gasteiger partial charge in [0.15, 0.2) is 5.78 Å². The largest absolute Gasteiger partial charge is 0.507 e. The first-order chi connectivity index (χ1) is 20.0. The summed E-state index contributed by atoms with van der Waals surface area (Å²) < 4.78 is 17.2. The van der Waals surface area contributed by atoms with Crippen LogP contribution in [0.25, 0.3) is 21.9 Å². The Kier molecular flexibility index (Phi) is 5.39. The standard InChI is InChI=1S/C31H25N3O8/c1-10-18(40-12(3)35)8-17-22(29(10)41-13(4)36)28(39)23-24(27(17)38)31-21-16(26(23)37)6-5-14-7-15-9-33-34-25(11(2)32)20(15)30(42-31)19(14)21/h7-9,11,25,34,37H,5-6,32H2,1-4H3. The predicted octanol–water partition coefficient (Wildman–Crippen LogP) is 3.65. The molecule has 0 radical (unpaired) electrons. The van der Waals surface area contributed by atoms with E-state index in [1.54, 1.807) is 6.21 Å². The van der Waals surface area contributed by atoms with Crippen molar-refractivity contribution in [2.24, 2.45) is 10.8 Å². The zero-order valence-electron chi connectivity index (χ0n) is 23.1. The van der Waals surface area contributed by atoms with Crippen molar-refractivity contribution in [2.45, 2.75) is 52.6 Å². The molecule has 0 amide bonds. The van der Waals surface area contributed by atoms with E-state index in [2.05, 4.69) is 10.5 Å². The van der Waals surface area contributed by atoms with Crippen LogP contribution in [0, 0.1) is 6.92 Å². The van der Waals surface area contributed by atoms with E-state index in [-0.39, 0.29) is 62.7 Å². The lowest BCUT2D eigenvalue weighted by molar-refractivity contribution is -0.132. The van der Waals surface area contributed by atoms with Gasteiger partial charge in [0.25, 0.3) is 0 Å². The molecule has 0 fully saturated rings. The van der Waals surface area contributed by atoms with Crippen LogP contribution >= 0.6 is 0 Å². The predicted molar refractivity (Wildman–Crippen MR) is 151 cm³/mol. The number of aryl methyl sites for hydroxylation is 2. The van der Waals surface area contributed by atoms with Crippen molar-refractivity contribution in [3.05, 3.63) is 62.2 Å². The maximum absolute atomic E-state index is 14.3. The van der Waals surface area contributed by atoms with Crippen molar-refractivity contribution in [1.29, 1.82) is 0 Å². The molecule has 11 nitrogen and oxygen atoms in total. The van der Waals surface area contributed by atoms with Crippen LogP contribution < -0.4 is 20.6 Å². The molecule has 1 aliphatic heterocycles. The lowest BCUT2D eigenvalue weighted by Crippen LogP contribution is -2.36. The van der Waals surface area contributed by atoms with Crippen molar-refractivity contribution >= 4 is 51.7 Å². The van der Waals surface area contributed by atoms with Crippen LogP contribution in [0.3, 0.4) is 0 Å². The number of furan rings is 1. The van der Waals surface area contributed by atoms with Gasteiger partial charge in [-0.1, -0.05) is 0 Å². The molecular formula is C31H25N3O8. The Hall–Kier alpha value is -5.03. The third-order valence-corrected chi connectivity index (χ3v) is 8.22. The number of aromatic hydroxyl groups is 1. The second-order valence-corrected chi connectivity index (χ2v) is 10.9. The zero-order chi connectivity index (χ0) is 29.8. The summed E-state index contributed by atoms with van der Waals surface area (Å²) in [6, 6.07) is 2.58. The minimum atomic E-state index is -0.739. The fourth-order valence-electron chi connectivity index (χ4n) is 6.49. The molecule has 212 valence electrons. The van der Waals surface area contributed by atoms with Crippen molar-refractivity contribution < 1.29 is 38.2 Å². The summed E-state index contributed by atoms with van der Waals surface area (Å²) in [5.41, 5.74) is 12.6. The molecule has 1 aromatic heterocycles. The van der Waals surface area contributed by atoms with E-state index in [0.717, 1.165) is 29.0 Å². The molecule has 0 saturated heterocycles. The van der Waals surface area contributed by atoms with Crippen molar-refractivity contribution in [3.8, 4) is 17.2 Å². The molecule has 0 saturated carbocycles. The highest BCUT2D eigenvalue weighted by atomic mass is 16.5. The molecule has 2 heterocycles. The normalized spacial score (nSPS) is 17.1. The quantitative estimate of drug-likeness (QED) is 0.216. The summed E-state index contributed by atoms with van der Waals surface area (Å²) in [6.07, 6.45) is 2.65. The number of nitrogens with one attached hydrogen (secondary N) is 1. The average molecular weight is 568 g/mol. The number of esters is 2. The number of hydrazone groups is 1. The van der Waals surface area contributed by atoms with Crippen molar-refractivity contribution in [1.82, 2.24) is 5.43 Å². The van der Waals surface area contributed by atoms with Gasteiger partial charge in [-0.05, 0) is 44.4 Å². The first kappa shape index (κ1) is 25.9. The number of hydrogen-bond acceptors (Lipinski definition) is 11. The number of rotatable bonds is 3. The van der Waals surface area contributed by atoms with Crippen LogP contribution in [0.5, 0.6) is 17.2 Å². The molecule has 2 unspecified atom stereocenters. The average Bonchev–Trinajstić information content (AvgIpc) is 3.33. The number of nitrogens with zero attached hydrogens (tertiary/aromatic N) is 1. The van der Waals surface area contributed by atoms with Crippen LogP contribution in [0.2, 0.25) is 0 Å². The van der Waals surface area contributed by atoms with Gasteiger partial charge in [-0.25, -0.2) is 0 Å².